The first-order valence-electron chi connectivity index (χ1n) is 9.80. The van der Waals surface area contributed by atoms with Crippen molar-refractivity contribution in [3.63, 3.8) is 0 Å². The lowest BCUT2D eigenvalue weighted by Crippen LogP contribution is -2.23. The van der Waals surface area contributed by atoms with Crippen LogP contribution >= 0.6 is 23.2 Å². The Hall–Kier alpha value is -2.95. The van der Waals surface area contributed by atoms with Gasteiger partial charge in [0.15, 0.2) is 11.5 Å². The van der Waals surface area contributed by atoms with Gasteiger partial charge in [-0.2, -0.15) is 0 Å². The molecule has 3 aromatic rings. The van der Waals surface area contributed by atoms with Crippen LogP contribution in [0, 0.1) is 0 Å². The Bertz CT molecular complexity index is 1030. The molecule has 0 radical (unpaired) electrons. The number of methoxy groups -OCH3 is 1. The maximum atomic E-state index is 12.1. The van der Waals surface area contributed by atoms with Gasteiger partial charge in [0, 0.05) is 28.2 Å². The van der Waals surface area contributed by atoms with E-state index in [1.54, 1.807) is 43.5 Å². The number of benzene rings is 3. The van der Waals surface area contributed by atoms with Gasteiger partial charge in [0.2, 0.25) is 5.91 Å². The van der Waals surface area contributed by atoms with Gasteiger partial charge in [-0.05, 0) is 47.9 Å². The number of ether oxygens (including phenoxy) is 2. The van der Waals surface area contributed by atoms with Gasteiger partial charge >= 0.3 is 0 Å². The van der Waals surface area contributed by atoms with Crippen molar-refractivity contribution in [3.8, 4) is 11.5 Å². The Kier molecular flexibility index (Phi) is 8.39. The molecule has 3 aromatic carbocycles. The van der Waals surface area contributed by atoms with Crippen LogP contribution in [0.1, 0.15) is 16.7 Å². The van der Waals surface area contributed by atoms with Crippen LogP contribution in [0.3, 0.4) is 0 Å². The molecule has 0 aliphatic heterocycles. The third kappa shape index (κ3) is 6.78. The van der Waals surface area contributed by atoms with E-state index in [1.807, 2.05) is 36.4 Å². The van der Waals surface area contributed by atoms with Crippen LogP contribution in [-0.4, -0.2) is 19.6 Å². The van der Waals surface area contributed by atoms with Crippen LogP contribution in [0.15, 0.2) is 72.8 Å². The zero-order chi connectivity index (χ0) is 22.1. The van der Waals surface area contributed by atoms with E-state index in [9.17, 15) is 4.79 Å². The van der Waals surface area contributed by atoms with Gasteiger partial charge in [0.1, 0.15) is 6.61 Å². The zero-order valence-electron chi connectivity index (χ0n) is 17.1. The lowest BCUT2D eigenvalue weighted by molar-refractivity contribution is -0.116. The number of carbonyl (C=O) groups is 1. The van der Waals surface area contributed by atoms with Crippen LogP contribution in [-0.2, 0) is 17.8 Å². The Morgan fingerprint density at radius 3 is 2.42 bits per heavy atom. The first kappa shape index (κ1) is 22.7. The fraction of sp³-hybridized carbons (Fsp3) is 0.160. The van der Waals surface area contributed by atoms with Crippen molar-refractivity contribution in [2.45, 2.75) is 13.0 Å². The monoisotopic (exact) mass is 455 g/mol. The lowest BCUT2D eigenvalue weighted by Gasteiger charge is -2.13. The number of amides is 1. The van der Waals surface area contributed by atoms with Gasteiger partial charge in [-0.15, -0.1) is 0 Å². The maximum absolute atomic E-state index is 12.1. The summed E-state index contributed by atoms with van der Waals surface area (Å²) in [4.78, 5) is 12.1. The van der Waals surface area contributed by atoms with E-state index in [0.29, 0.717) is 33.7 Å². The second-order valence-corrected chi connectivity index (χ2v) is 7.57. The summed E-state index contributed by atoms with van der Waals surface area (Å²) in [6, 6.07) is 20.8. The topological polar surface area (TPSA) is 47.6 Å². The third-order valence-corrected chi connectivity index (χ3v) is 5.31. The predicted octanol–water partition coefficient (Wildman–Crippen LogP) is 5.95. The fourth-order valence-corrected chi connectivity index (χ4v) is 3.44. The van der Waals surface area contributed by atoms with Crippen molar-refractivity contribution >= 4 is 35.2 Å². The number of halogens is 2. The van der Waals surface area contributed by atoms with Gasteiger partial charge in [-0.25, -0.2) is 0 Å². The van der Waals surface area contributed by atoms with E-state index >= 15 is 0 Å². The van der Waals surface area contributed by atoms with E-state index in [0.717, 1.165) is 12.0 Å². The molecule has 0 atom stereocenters. The molecule has 0 spiro atoms. The quantitative estimate of drug-likeness (QED) is 0.405. The summed E-state index contributed by atoms with van der Waals surface area (Å²) < 4.78 is 11.3. The number of nitrogens with one attached hydrogen (secondary N) is 1. The van der Waals surface area contributed by atoms with Crippen LogP contribution in [0.25, 0.3) is 6.08 Å². The molecule has 4 nitrogen and oxygen atoms in total. The normalized spacial score (nSPS) is 10.8. The second kappa shape index (κ2) is 11.4. The summed E-state index contributed by atoms with van der Waals surface area (Å²) in [5.41, 5.74) is 2.72. The Morgan fingerprint density at radius 1 is 0.968 bits per heavy atom. The van der Waals surface area contributed by atoms with Gasteiger partial charge in [0.25, 0.3) is 0 Å². The summed E-state index contributed by atoms with van der Waals surface area (Å²) in [5, 5.41) is 3.98. The molecule has 1 amide bonds. The average molecular weight is 456 g/mol. The molecule has 0 aliphatic carbocycles. The molecular formula is C25H23Cl2NO3. The molecular weight excluding hydrogens is 433 g/mol. The predicted molar refractivity (Wildman–Crippen MR) is 126 cm³/mol. The number of hydrogen-bond acceptors (Lipinski definition) is 3. The molecule has 3 rings (SSSR count). The standard InChI is InChI=1S/C25H23Cl2NO3/c1-30-24-16-19(11-13-25(29)28-15-14-18-6-3-2-4-7-18)10-12-23(24)31-17-20-21(26)8-5-9-22(20)27/h2-13,16H,14-15,17H2,1H3,(H,28,29)/b13-11+. The van der Waals surface area contributed by atoms with E-state index in [1.165, 1.54) is 11.6 Å². The molecule has 0 bridgehead atoms. The molecule has 0 fully saturated rings. The maximum Gasteiger partial charge on any atom is 0.244 e. The Balaban J connectivity index is 1.56. The number of rotatable bonds is 9. The second-order valence-electron chi connectivity index (χ2n) is 6.76. The summed E-state index contributed by atoms with van der Waals surface area (Å²) in [6.07, 6.45) is 4.02. The summed E-state index contributed by atoms with van der Waals surface area (Å²) >= 11 is 12.4. The molecule has 0 unspecified atom stereocenters. The van der Waals surface area contributed by atoms with Crippen molar-refractivity contribution in [2.75, 3.05) is 13.7 Å². The highest BCUT2D eigenvalue weighted by Gasteiger charge is 2.10. The van der Waals surface area contributed by atoms with E-state index in [4.69, 9.17) is 32.7 Å². The minimum Gasteiger partial charge on any atom is -0.493 e. The fourth-order valence-electron chi connectivity index (χ4n) is 2.93. The third-order valence-electron chi connectivity index (χ3n) is 4.60. The first-order chi connectivity index (χ1) is 15.1. The van der Waals surface area contributed by atoms with Crippen LogP contribution < -0.4 is 14.8 Å². The Labute approximate surface area is 192 Å². The van der Waals surface area contributed by atoms with Crippen molar-refractivity contribution in [1.82, 2.24) is 5.32 Å². The highest BCUT2D eigenvalue weighted by molar-refractivity contribution is 6.35. The average Bonchev–Trinajstić information content (AvgIpc) is 2.78. The molecule has 0 heterocycles. The number of carbonyl (C=O) groups excluding carboxylic acids is 1. The molecule has 0 aliphatic rings. The van der Waals surface area contributed by atoms with Gasteiger partial charge < -0.3 is 14.8 Å². The van der Waals surface area contributed by atoms with Crippen LogP contribution in [0.2, 0.25) is 10.0 Å². The largest absolute Gasteiger partial charge is 0.493 e. The van der Waals surface area contributed by atoms with Gasteiger partial charge in [0.05, 0.1) is 7.11 Å². The van der Waals surface area contributed by atoms with Crippen LogP contribution in [0.5, 0.6) is 11.5 Å². The van der Waals surface area contributed by atoms with E-state index < -0.39 is 0 Å². The Morgan fingerprint density at radius 2 is 1.71 bits per heavy atom. The van der Waals surface area contributed by atoms with E-state index in [2.05, 4.69) is 5.32 Å². The van der Waals surface area contributed by atoms with Crippen molar-refractivity contribution in [1.29, 1.82) is 0 Å². The number of hydrogen-bond donors (Lipinski definition) is 1. The highest BCUT2D eigenvalue weighted by Crippen LogP contribution is 2.31. The van der Waals surface area contributed by atoms with Gasteiger partial charge in [-0.3, -0.25) is 4.79 Å². The summed E-state index contributed by atoms with van der Waals surface area (Å²) in [7, 11) is 1.56. The summed E-state index contributed by atoms with van der Waals surface area (Å²) in [5.74, 6) is 0.960. The first-order valence-corrected chi connectivity index (χ1v) is 10.6. The molecule has 31 heavy (non-hydrogen) atoms. The summed E-state index contributed by atoms with van der Waals surface area (Å²) in [6.45, 7) is 0.793. The van der Waals surface area contributed by atoms with Crippen molar-refractivity contribution < 1.29 is 14.3 Å². The highest BCUT2D eigenvalue weighted by atomic mass is 35.5. The van der Waals surface area contributed by atoms with Crippen molar-refractivity contribution in [3.05, 3.63) is 99.5 Å². The van der Waals surface area contributed by atoms with Gasteiger partial charge in [-0.1, -0.05) is 65.7 Å². The minimum atomic E-state index is -0.149. The SMILES string of the molecule is COc1cc(/C=C/C(=O)NCCc2ccccc2)ccc1OCc1c(Cl)cccc1Cl. The minimum absolute atomic E-state index is 0.149. The molecule has 1 N–H and O–H groups in total. The molecule has 0 saturated heterocycles. The van der Waals surface area contributed by atoms with E-state index in [-0.39, 0.29) is 12.5 Å². The molecule has 0 saturated carbocycles. The lowest BCUT2D eigenvalue weighted by atomic mass is 10.1. The van der Waals surface area contributed by atoms with Crippen LogP contribution in [0.4, 0.5) is 0 Å². The smallest absolute Gasteiger partial charge is 0.244 e. The van der Waals surface area contributed by atoms with Crippen molar-refractivity contribution in [2.24, 2.45) is 0 Å². The molecule has 160 valence electrons. The molecule has 0 aromatic heterocycles. The molecule has 6 heteroatoms. The zero-order valence-corrected chi connectivity index (χ0v) is 18.6.